The highest BCUT2D eigenvalue weighted by Crippen LogP contribution is 2.34. The van der Waals surface area contributed by atoms with Gasteiger partial charge < -0.3 is 5.32 Å². The fraction of sp³-hybridized carbons (Fsp3) is 0.417. The smallest absolute Gasteiger partial charge is 0.335 e. The van der Waals surface area contributed by atoms with Crippen LogP contribution in [0.25, 0.3) is 0 Å². The summed E-state index contributed by atoms with van der Waals surface area (Å²) in [6.07, 6.45) is -3.43. The third kappa shape index (κ3) is 3.79. The lowest BCUT2D eigenvalue weighted by molar-refractivity contribution is -0.137. The highest BCUT2D eigenvalue weighted by atomic mass is 35.5. The molecule has 1 aromatic carbocycles. The van der Waals surface area contributed by atoms with E-state index in [0.717, 1.165) is 18.6 Å². The molecule has 0 aromatic heterocycles. The average Bonchev–Trinajstić information content (AvgIpc) is 2.75. The number of nitrogens with one attached hydrogen (secondary N) is 1. The number of amidine groups is 1. The molecular weight excluding hydrogens is 297 g/mol. The first-order valence-corrected chi connectivity index (χ1v) is 7.00. The number of alkyl halides is 3. The molecule has 0 radical (unpaired) electrons. The van der Waals surface area contributed by atoms with Crippen LogP contribution in [0.15, 0.2) is 23.2 Å². The molecule has 7 heteroatoms. The van der Waals surface area contributed by atoms with Crippen LogP contribution in [0.2, 0.25) is 5.02 Å². The van der Waals surface area contributed by atoms with Gasteiger partial charge in [0, 0.05) is 16.0 Å². The number of nitrogens with zero attached hydrogens (tertiary/aromatic N) is 1. The largest absolute Gasteiger partial charge is 0.416 e. The summed E-state index contributed by atoms with van der Waals surface area (Å²) >= 11 is 7.25. The minimum atomic E-state index is -4.40. The summed E-state index contributed by atoms with van der Waals surface area (Å²) < 4.78 is 38.0. The monoisotopic (exact) mass is 308 g/mol. The van der Waals surface area contributed by atoms with Gasteiger partial charge in [-0.2, -0.15) is 13.2 Å². The molecule has 1 aliphatic heterocycles. The van der Waals surface area contributed by atoms with Crippen LogP contribution in [-0.2, 0) is 6.18 Å². The maximum atomic E-state index is 12.7. The topological polar surface area (TPSA) is 24.4 Å². The Hall–Kier alpha value is -0.880. The number of hydrogen-bond donors (Lipinski definition) is 1. The standard InChI is InChI=1S/C12H12ClF3N2S/c1-2-10-6-17-11(19-10)18-9-4-7(12(14,15)16)3-8(13)5-9/h3-5,10H,2,6H2,1H3,(H,17,18). The Labute approximate surface area is 118 Å². The van der Waals surface area contributed by atoms with Crippen molar-refractivity contribution in [2.45, 2.75) is 24.8 Å². The lowest BCUT2D eigenvalue weighted by atomic mass is 10.2. The molecule has 2 rings (SSSR count). The van der Waals surface area contributed by atoms with Crippen molar-refractivity contribution in [3.05, 3.63) is 28.8 Å². The normalized spacial score (nSPS) is 19.4. The molecule has 1 aliphatic rings. The summed E-state index contributed by atoms with van der Waals surface area (Å²) in [5.74, 6) is 0. The Kier molecular flexibility index (Phi) is 4.30. The van der Waals surface area contributed by atoms with Crippen molar-refractivity contribution in [2.24, 2.45) is 4.99 Å². The number of rotatable bonds is 2. The van der Waals surface area contributed by atoms with Crippen LogP contribution >= 0.6 is 23.4 Å². The minimum absolute atomic E-state index is 0.0490. The van der Waals surface area contributed by atoms with Crippen LogP contribution in [0.3, 0.4) is 0 Å². The second-order valence-electron chi connectivity index (χ2n) is 4.15. The zero-order chi connectivity index (χ0) is 14.0. The summed E-state index contributed by atoms with van der Waals surface area (Å²) in [6, 6.07) is 3.40. The number of benzene rings is 1. The van der Waals surface area contributed by atoms with Crippen LogP contribution in [0, 0.1) is 0 Å². The first-order chi connectivity index (χ1) is 8.88. The van der Waals surface area contributed by atoms with Gasteiger partial charge in [-0.15, -0.1) is 0 Å². The number of anilines is 1. The zero-order valence-corrected chi connectivity index (χ0v) is 11.7. The van der Waals surface area contributed by atoms with Crippen molar-refractivity contribution >= 4 is 34.2 Å². The summed E-state index contributed by atoms with van der Waals surface area (Å²) in [4.78, 5) is 4.25. The first-order valence-electron chi connectivity index (χ1n) is 5.74. The Morgan fingerprint density at radius 2 is 2.16 bits per heavy atom. The quantitative estimate of drug-likeness (QED) is 0.860. The number of thioether (sulfide) groups is 1. The molecule has 19 heavy (non-hydrogen) atoms. The molecule has 104 valence electrons. The molecule has 0 saturated heterocycles. The van der Waals surface area contributed by atoms with Crippen molar-refractivity contribution in [1.82, 2.24) is 0 Å². The van der Waals surface area contributed by atoms with Gasteiger partial charge in [0.25, 0.3) is 0 Å². The van der Waals surface area contributed by atoms with Gasteiger partial charge in [0.1, 0.15) is 0 Å². The van der Waals surface area contributed by atoms with E-state index in [1.54, 1.807) is 0 Å². The van der Waals surface area contributed by atoms with Crippen LogP contribution < -0.4 is 5.32 Å². The Balaban J connectivity index is 2.15. The van der Waals surface area contributed by atoms with E-state index in [4.69, 9.17) is 11.6 Å². The first kappa shape index (κ1) is 14.5. The van der Waals surface area contributed by atoms with Gasteiger partial charge in [0.2, 0.25) is 0 Å². The van der Waals surface area contributed by atoms with Gasteiger partial charge in [0.05, 0.1) is 12.1 Å². The highest BCUT2D eigenvalue weighted by Gasteiger charge is 2.31. The predicted octanol–water partition coefficient (Wildman–Crippen LogP) is 4.65. The minimum Gasteiger partial charge on any atom is -0.335 e. The molecule has 0 saturated carbocycles. The number of halogens is 4. The molecule has 1 atom stereocenters. The summed E-state index contributed by atoms with van der Waals surface area (Å²) in [5.41, 5.74) is -0.457. The maximum Gasteiger partial charge on any atom is 0.416 e. The Morgan fingerprint density at radius 1 is 1.42 bits per heavy atom. The summed E-state index contributed by atoms with van der Waals surface area (Å²) in [5, 5.41) is 3.97. The molecule has 1 heterocycles. The second-order valence-corrected chi connectivity index (χ2v) is 5.87. The van der Waals surface area contributed by atoms with E-state index in [2.05, 4.69) is 17.2 Å². The van der Waals surface area contributed by atoms with Crippen molar-refractivity contribution in [3.63, 3.8) is 0 Å². The van der Waals surface area contributed by atoms with Gasteiger partial charge in [0.15, 0.2) is 5.17 Å². The maximum absolute atomic E-state index is 12.7. The highest BCUT2D eigenvalue weighted by molar-refractivity contribution is 8.15. The molecule has 0 amide bonds. The molecular formula is C12H12ClF3N2S. The van der Waals surface area contributed by atoms with Crippen molar-refractivity contribution in [1.29, 1.82) is 0 Å². The van der Waals surface area contributed by atoms with Crippen molar-refractivity contribution in [3.8, 4) is 0 Å². The molecule has 2 nitrogen and oxygen atoms in total. The summed E-state index contributed by atoms with van der Waals surface area (Å²) in [7, 11) is 0. The van der Waals surface area contributed by atoms with Crippen LogP contribution in [0.5, 0.6) is 0 Å². The van der Waals surface area contributed by atoms with Crippen LogP contribution in [0.1, 0.15) is 18.9 Å². The van der Waals surface area contributed by atoms with E-state index in [1.807, 2.05) is 0 Å². The van der Waals surface area contributed by atoms with E-state index >= 15 is 0 Å². The van der Waals surface area contributed by atoms with Gasteiger partial charge in [-0.3, -0.25) is 4.99 Å². The molecule has 1 aromatic rings. The second kappa shape index (κ2) is 5.63. The van der Waals surface area contributed by atoms with E-state index in [9.17, 15) is 13.2 Å². The Bertz CT molecular complexity index is 502. The van der Waals surface area contributed by atoms with Gasteiger partial charge in [-0.25, -0.2) is 0 Å². The molecule has 0 bridgehead atoms. The van der Waals surface area contributed by atoms with E-state index in [1.165, 1.54) is 17.8 Å². The lowest BCUT2D eigenvalue weighted by Gasteiger charge is -2.11. The van der Waals surface area contributed by atoms with Crippen LogP contribution in [0.4, 0.5) is 18.9 Å². The SMILES string of the molecule is CCC1CN=C(Nc2cc(Cl)cc(C(F)(F)F)c2)S1. The third-order valence-corrected chi connectivity index (χ3v) is 4.14. The summed E-state index contributed by atoms with van der Waals surface area (Å²) in [6.45, 7) is 2.74. The molecule has 0 fully saturated rings. The average molecular weight is 309 g/mol. The molecule has 1 unspecified atom stereocenters. The third-order valence-electron chi connectivity index (χ3n) is 2.65. The van der Waals surface area contributed by atoms with Gasteiger partial charge >= 0.3 is 6.18 Å². The van der Waals surface area contributed by atoms with E-state index in [0.29, 0.717) is 22.6 Å². The fourth-order valence-electron chi connectivity index (χ4n) is 1.65. The van der Waals surface area contributed by atoms with Gasteiger partial charge in [-0.1, -0.05) is 30.3 Å². The molecule has 0 aliphatic carbocycles. The van der Waals surface area contributed by atoms with Crippen molar-refractivity contribution < 1.29 is 13.2 Å². The number of aliphatic imine (C=N–C) groups is 1. The van der Waals surface area contributed by atoms with Gasteiger partial charge in [-0.05, 0) is 24.6 Å². The fourth-order valence-corrected chi connectivity index (χ4v) is 2.84. The Morgan fingerprint density at radius 3 is 2.74 bits per heavy atom. The predicted molar refractivity (Wildman–Crippen MR) is 74.0 cm³/mol. The molecule has 1 N–H and O–H groups in total. The molecule has 0 spiro atoms. The van der Waals surface area contributed by atoms with E-state index < -0.39 is 11.7 Å². The van der Waals surface area contributed by atoms with Crippen LogP contribution in [-0.4, -0.2) is 17.0 Å². The zero-order valence-electron chi connectivity index (χ0n) is 10.1. The lowest BCUT2D eigenvalue weighted by Crippen LogP contribution is -2.09. The number of hydrogen-bond acceptors (Lipinski definition) is 3. The van der Waals surface area contributed by atoms with E-state index in [-0.39, 0.29) is 5.02 Å². The van der Waals surface area contributed by atoms with Crippen molar-refractivity contribution in [2.75, 3.05) is 11.9 Å².